The maximum Gasteiger partial charge on any atom is 0.416 e. The first-order chi connectivity index (χ1) is 9.70. The van der Waals surface area contributed by atoms with E-state index in [1.165, 1.54) is 4.90 Å². The van der Waals surface area contributed by atoms with Gasteiger partial charge in [0.1, 0.15) is 5.82 Å². The quantitative estimate of drug-likeness (QED) is 0.767. The summed E-state index contributed by atoms with van der Waals surface area (Å²) in [6, 6.07) is 1.75. The van der Waals surface area contributed by atoms with Crippen molar-refractivity contribution in [1.82, 2.24) is 4.90 Å². The zero-order valence-electron chi connectivity index (χ0n) is 11.9. The summed E-state index contributed by atoms with van der Waals surface area (Å²) in [7, 11) is 0. The summed E-state index contributed by atoms with van der Waals surface area (Å²) in [6.45, 7) is 4.00. The molecule has 0 bridgehead atoms. The first kappa shape index (κ1) is 15.8. The molecule has 1 saturated carbocycles. The number of alkyl halides is 3. The van der Waals surface area contributed by atoms with Crippen LogP contribution in [-0.2, 0) is 6.18 Å². The average Bonchev–Trinajstić information content (AvgIpc) is 3.18. The Bertz CT molecular complexity index is 535. The lowest BCUT2D eigenvalue weighted by atomic mass is 10.1. The summed E-state index contributed by atoms with van der Waals surface area (Å²) in [6.07, 6.45) is -2.59. The number of halogens is 4. The fourth-order valence-corrected chi connectivity index (χ4v) is 2.13. The number of rotatable bonds is 4. The topological polar surface area (TPSA) is 20.3 Å². The second-order valence-electron chi connectivity index (χ2n) is 5.69. The smallest absolute Gasteiger partial charge is 0.336 e. The predicted octanol–water partition coefficient (Wildman–Crippen LogP) is 4.11. The van der Waals surface area contributed by atoms with E-state index in [-0.39, 0.29) is 6.04 Å². The highest BCUT2D eigenvalue weighted by Crippen LogP contribution is 2.33. The molecule has 116 valence electrons. The zero-order valence-corrected chi connectivity index (χ0v) is 11.9. The Kier molecular flexibility index (Phi) is 4.25. The van der Waals surface area contributed by atoms with Gasteiger partial charge in [0.2, 0.25) is 0 Å². The highest BCUT2D eigenvalue weighted by Gasteiger charge is 2.34. The Hall–Kier alpha value is -1.59. The Morgan fingerprint density at radius 1 is 1.33 bits per heavy atom. The number of carbonyl (C=O) groups is 1. The lowest BCUT2D eigenvalue weighted by Gasteiger charge is -2.27. The molecule has 1 amide bonds. The van der Waals surface area contributed by atoms with Gasteiger partial charge < -0.3 is 4.90 Å². The number of nitrogens with zero attached hydrogens (tertiary/aromatic N) is 1. The molecule has 0 unspecified atom stereocenters. The highest BCUT2D eigenvalue weighted by molar-refractivity contribution is 5.95. The Morgan fingerprint density at radius 2 is 1.95 bits per heavy atom. The largest absolute Gasteiger partial charge is 0.416 e. The number of amides is 1. The van der Waals surface area contributed by atoms with E-state index in [0.29, 0.717) is 30.7 Å². The maximum absolute atomic E-state index is 13.8. The summed E-state index contributed by atoms with van der Waals surface area (Å²) >= 11 is 0. The molecular formula is C15H17F4NO. The van der Waals surface area contributed by atoms with Crippen LogP contribution in [0, 0.1) is 11.7 Å². The summed E-state index contributed by atoms with van der Waals surface area (Å²) in [5.74, 6) is -1.22. The number of hydrogen-bond donors (Lipinski definition) is 0. The van der Waals surface area contributed by atoms with Crippen LogP contribution in [0.1, 0.15) is 42.6 Å². The van der Waals surface area contributed by atoms with Crippen molar-refractivity contribution in [2.45, 2.75) is 38.9 Å². The lowest BCUT2D eigenvalue weighted by molar-refractivity contribution is -0.137. The Morgan fingerprint density at radius 3 is 2.43 bits per heavy atom. The summed E-state index contributed by atoms with van der Waals surface area (Å²) in [5.41, 5.74) is -1.53. The first-order valence-electron chi connectivity index (χ1n) is 6.88. The minimum atomic E-state index is -4.60. The van der Waals surface area contributed by atoms with Gasteiger partial charge in [-0.05, 0) is 50.8 Å². The van der Waals surface area contributed by atoms with E-state index in [1.807, 2.05) is 0 Å². The van der Waals surface area contributed by atoms with Gasteiger partial charge in [-0.25, -0.2) is 4.39 Å². The third-order valence-electron chi connectivity index (χ3n) is 3.56. The molecule has 0 spiro atoms. The molecule has 0 radical (unpaired) electrons. The van der Waals surface area contributed by atoms with Crippen LogP contribution in [0.15, 0.2) is 18.2 Å². The van der Waals surface area contributed by atoms with Crippen molar-refractivity contribution in [3.8, 4) is 0 Å². The molecule has 1 fully saturated rings. The van der Waals surface area contributed by atoms with Crippen molar-refractivity contribution in [3.63, 3.8) is 0 Å². The molecule has 1 aromatic carbocycles. The number of hydrogen-bond acceptors (Lipinski definition) is 1. The molecule has 0 aliphatic heterocycles. The number of benzene rings is 1. The van der Waals surface area contributed by atoms with Crippen LogP contribution in [-0.4, -0.2) is 23.4 Å². The van der Waals surface area contributed by atoms with Crippen LogP contribution < -0.4 is 0 Å². The van der Waals surface area contributed by atoms with Gasteiger partial charge in [-0.2, -0.15) is 13.2 Å². The molecule has 1 aromatic rings. The molecule has 0 heterocycles. The Balaban J connectivity index is 2.31. The second-order valence-corrected chi connectivity index (χ2v) is 5.69. The molecule has 2 rings (SSSR count). The van der Waals surface area contributed by atoms with Crippen molar-refractivity contribution < 1.29 is 22.4 Å². The maximum atomic E-state index is 13.8. The van der Waals surface area contributed by atoms with Gasteiger partial charge in [0.15, 0.2) is 0 Å². The molecule has 1 aliphatic rings. The second kappa shape index (κ2) is 5.66. The lowest BCUT2D eigenvalue weighted by Crippen LogP contribution is -2.39. The van der Waals surface area contributed by atoms with Crippen LogP contribution in [0.25, 0.3) is 0 Å². The third-order valence-corrected chi connectivity index (χ3v) is 3.56. The summed E-state index contributed by atoms with van der Waals surface area (Å²) < 4.78 is 51.9. The Labute approximate surface area is 120 Å². The standard InChI is InChI=1S/C15H17F4NO/c1-9(2)20(8-10-3-4-10)14(21)12-7-11(15(17,18)19)5-6-13(12)16/h5-7,9-10H,3-4,8H2,1-2H3. The van der Waals surface area contributed by atoms with Crippen molar-refractivity contribution in [3.05, 3.63) is 35.1 Å². The molecule has 0 atom stereocenters. The molecule has 0 N–H and O–H groups in total. The van der Waals surface area contributed by atoms with Crippen LogP contribution in [0.2, 0.25) is 0 Å². The van der Waals surface area contributed by atoms with Crippen molar-refractivity contribution >= 4 is 5.91 Å². The van der Waals surface area contributed by atoms with E-state index in [1.54, 1.807) is 13.8 Å². The van der Waals surface area contributed by atoms with Gasteiger partial charge in [-0.1, -0.05) is 0 Å². The minimum Gasteiger partial charge on any atom is -0.336 e. The van der Waals surface area contributed by atoms with Gasteiger partial charge in [-0.3, -0.25) is 4.79 Å². The van der Waals surface area contributed by atoms with Crippen LogP contribution in [0.4, 0.5) is 17.6 Å². The molecule has 0 saturated heterocycles. The first-order valence-corrected chi connectivity index (χ1v) is 6.88. The van der Waals surface area contributed by atoms with E-state index in [4.69, 9.17) is 0 Å². The van der Waals surface area contributed by atoms with E-state index in [2.05, 4.69) is 0 Å². The summed E-state index contributed by atoms with van der Waals surface area (Å²) in [5, 5.41) is 0. The minimum absolute atomic E-state index is 0.188. The zero-order chi connectivity index (χ0) is 15.8. The molecule has 21 heavy (non-hydrogen) atoms. The highest BCUT2D eigenvalue weighted by atomic mass is 19.4. The SMILES string of the molecule is CC(C)N(CC1CC1)C(=O)c1cc(C(F)(F)F)ccc1F. The van der Waals surface area contributed by atoms with Gasteiger partial charge in [0, 0.05) is 12.6 Å². The average molecular weight is 303 g/mol. The van der Waals surface area contributed by atoms with Crippen LogP contribution >= 0.6 is 0 Å². The van der Waals surface area contributed by atoms with E-state index in [9.17, 15) is 22.4 Å². The van der Waals surface area contributed by atoms with Crippen LogP contribution in [0.3, 0.4) is 0 Å². The van der Waals surface area contributed by atoms with E-state index >= 15 is 0 Å². The molecule has 2 nitrogen and oxygen atoms in total. The number of carbonyl (C=O) groups excluding carboxylic acids is 1. The molecule has 1 aliphatic carbocycles. The van der Waals surface area contributed by atoms with E-state index in [0.717, 1.165) is 12.8 Å². The van der Waals surface area contributed by atoms with Crippen LogP contribution in [0.5, 0.6) is 0 Å². The molecular weight excluding hydrogens is 286 g/mol. The van der Waals surface area contributed by atoms with Gasteiger partial charge in [0.25, 0.3) is 5.91 Å². The van der Waals surface area contributed by atoms with Gasteiger partial charge >= 0.3 is 6.18 Å². The fraction of sp³-hybridized carbons (Fsp3) is 0.533. The van der Waals surface area contributed by atoms with E-state index < -0.39 is 29.0 Å². The summed E-state index contributed by atoms with van der Waals surface area (Å²) in [4.78, 5) is 13.8. The normalized spacial score (nSPS) is 15.4. The molecule has 6 heteroatoms. The predicted molar refractivity (Wildman–Crippen MR) is 70.3 cm³/mol. The van der Waals surface area contributed by atoms with Crippen molar-refractivity contribution in [1.29, 1.82) is 0 Å². The van der Waals surface area contributed by atoms with Gasteiger partial charge in [-0.15, -0.1) is 0 Å². The van der Waals surface area contributed by atoms with Crippen molar-refractivity contribution in [2.75, 3.05) is 6.54 Å². The molecule has 0 aromatic heterocycles. The fourth-order valence-electron chi connectivity index (χ4n) is 2.13. The van der Waals surface area contributed by atoms with Crippen molar-refractivity contribution in [2.24, 2.45) is 5.92 Å². The monoisotopic (exact) mass is 303 g/mol. The van der Waals surface area contributed by atoms with Gasteiger partial charge in [0.05, 0.1) is 11.1 Å². The third kappa shape index (κ3) is 3.74.